The zero-order chi connectivity index (χ0) is 12.0. The zero-order valence-electron chi connectivity index (χ0n) is 10.4. The standard InChI is InChI=1S/C14H21ClS/c1-12(15)11-14(2,3)9-10-16-13-7-5-4-6-8-13/h4-8,12H,9-11H2,1-3H3. The Morgan fingerprint density at radius 3 is 2.44 bits per heavy atom. The number of benzene rings is 1. The van der Waals surface area contributed by atoms with E-state index >= 15 is 0 Å². The Morgan fingerprint density at radius 1 is 1.25 bits per heavy atom. The van der Waals surface area contributed by atoms with Crippen molar-refractivity contribution in [3.63, 3.8) is 0 Å². The fraction of sp³-hybridized carbons (Fsp3) is 0.571. The summed E-state index contributed by atoms with van der Waals surface area (Å²) in [7, 11) is 0. The van der Waals surface area contributed by atoms with Gasteiger partial charge in [0, 0.05) is 10.3 Å². The molecule has 0 radical (unpaired) electrons. The predicted octanol–water partition coefficient (Wildman–Crippen LogP) is 5.21. The molecule has 0 spiro atoms. The summed E-state index contributed by atoms with van der Waals surface area (Å²) in [6, 6.07) is 10.6. The van der Waals surface area contributed by atoms with Crippen molar-refractivity contribution in [1.29, 1.82) is 0 Å². The highest BCUT2D eigenvalue weighted by Crippen LogP contribution is 2.31. The van der Waals surface area contributed by atoms with Crippen molar-refractivity contribution < 1.29 is 0 Å². The molecule has 0 aromatic heterocycles. The molecule has 0 fully saturated rings. The summed E-state index contributed by atoms with van der Waals surface area (Å²) in [6.07, 6.45) is 2.30. The summed E-state index contributed by atoms with van der Waals surface area (Å²) in [6.45, 7) is 6.68. The van der Waals surface area contributed by atoms with Gasteiger partial charge in [0.25, 0.3) is 0 Å². The zero-order valence-corrected chi connectivity index (χ0v) is 11.9. The van der Waals surface area contributed by atoms with Crippen molar-refractivity contribution in [2.45, 2.75) is 43.9 Å². The van der Waals surface area contributed by atoms with Crippen LogP contribution in [0.25, 0.3) is 0 Å². The van der Waals surface area contributed by atoms with E-state index in [9.17, 15) is 0 Å². The lowest BCUT2D eigenvalue weighted by Gasteiger charge is -2.25. The largest absolute Gasteiger partial charge is 0.126 e. The molecule has 0 bridgehead atoms. The van der Waals surface area contributed by atoms with E-state index in [4.69, 9.17) is 11.6 Å². The molecule has 0 aliphatic carbocycles. The first kappa shape index (κ1) is 13.9. The first-order valence-electron chi connectivity index (χ1n) is 5.81. The van der Waals surface area contributed by atoms with E-state index < -0.39 is 0 Å². The second-order valence-electron chi connectivity index (χ2n) is 5.06. The average molecular weight is 257 g/mol. The van der Waals surface area contributed by atoms with Crippen LogP contribution in [0.3, 0.4) is 0 Å². The molecule has 1 aromatic rings. The average Bonchev–Trinajstić information content (AvgIpc) is 2.16. The summed E-state index contributed by atoms with van der Waals surface area (Å²) in [5, 5.41) is 0.275. The molecule has 1 atom stereocenters. The van der Waals surface area contributed by atoms with Crippen LogP contribution in [0.2, 0.25) is 0 Å². The third kappa shape index (κ3) is 5.81. The van der Waals surface area contributed by atoms with Gasteiger partial charge in [-0.2, -0.15) is 0 Å². The molecule has 0 saturated heterocycles. The molecular weight excluding hydrogens is 236 g/mol. The number of alkyl halides is 1. The maximum absolute atomic E-state index is 6.05. The van der Waals surface area contributed by atoms with Gasteiger partial charge in [0.2, 0.25) is 0 Å². The third-order valence-electron chi connectivity index (χ3n) is 2.62. The van der Waals surface area contributed by atoms with Crippen molar-refractivity contribution in [2.75, 3.05) is 5.75 Å². The van der Waals surface area contributed by atoms with Gasteiger partial charge in [-0.05, 0) is 43.1 Å². The van der Waals surface area contributed by atoms with Crippen molar-refractivity contribution in [1.82, 2.24) is 0 Å². The van der Waals surface area contributed by atoms with E-state index in [0.29, 0.717) is 5.41 Å². The normalized spacial score (nSPS) is 13.8. The SMILES string of the molecule is CC(Cl)CC(C)(C)CCSc1ccccc1. The highest BCUT2D eigenvalue weighted by molar-refractivity contribution is 7.99. The molecule has 90 valence electrons. The predicted molar refractivity (Wildman–Crippen MR) is 75.5 cm³/mol. The lowest BCUT2D eigenvalue weighted by molar-refractivity contribution is 0.324. The summed E-state index contributed by atoms with van der Waals surface area (Å²) in [4.78, 5) is 1.36. The molecule has 0 saturated carbocycles. The maximum atomic E-state index is 6.05. The lowest BCUT2D eigenvalue weighted by atomic mass is 9.85. The molecule has 1 unspecified atom stereocenters. The van der Waals surface area contributed by atoms with Crippen molar-refractivity contribution in [3.05, 3.63) is 30.3 Å². The fourth-order valence-corrected chi connectivity index (χ4v) is 3.48. The Kier molecular flexibility index (Phi) is 5.71. The Balaban J connectivity index is 2.30. The van der Waals surface area contributed by atoms with E-state index in [0.717, 1.165) is 6.42 Å². The van der Waals surface area contributed by atoms with Crippen molar-refractivity contribution >= 4 is 23.4 Å². The molecular formula is C14H21ClS. The topological polar surface area (TPSA) is 0 Å². The highest BCUT2D eigenvalue weighted by Gasteiger charge is 2.19. The van der Waals surface area contributed by atoms with Gasteiger partial charge in [-0.3, -0.25) is 0 Å². The van der Waals surface area contributed by atoms with E-state index in [-0.39, 0.29) is 5.38 Å². The monoisotopic (exact) mass is 256 g/mol. The minimum Gasteiger partial charge on any atom is -0.126 e. The van der Waals surface area contributed by atoms with Crippen LogP contribution in [0.5, 0.6) is 0 Å². The Hall–Kier alpha value is -0.140. The number of hydrogen-bond donors (Lipinski definition) is 0. The van der Waals surface area contributed by atoms with Gasteiger partial charge in [-0.1, -0.05) is 32.0 Å². The highest BCUT2D eigenvalue weighted by atomic mass is 35.5. The third-order valence-corrected chi connectivity index (χ3v) is 3.79. The summed E-state index contributed by atoms with van der Waals surface area (Å²) in [5.41, 5.74) is 0.350. The van der Waals surface area contributed by atoms with Crippen LogP contribution in [0.1, 0.15) is 33.6 Å². The minimum atomic E-state index is 0.275. The van der Waals surface area contributed by atoms with Crippen LogP contribution < -0.4 is 0 Å². The first-order chi connectivity index (χ1) is 7.49. The number of halogens is 1. The van der Waals surface area contributed by atoms with Gasteiger partial charge in [0.15, 0.2) is 0 Å². The molecule has 0 aliphatic rings. The van der Waals surface area contributed by atoms with Gasteiger partial charge in [0.05, 0.1) is 0 Å². The van der Waals surface area contributed by atoms with Crippen molar-refractivity contribution in [2.24, 2.45) is 5.41 Å². The molecule has 0 amide bonds. The molecule has 0 N–H and O–H groups in total. The second kappa shape index (κ2) is 6.56. The van der Waals surface area contributed by atoms with Gasteiger partial charge in [0.1, 0.15) is 0 Å². The number of thioether (sulfide) groups is 1. The van der Waals surface area contributed by atoms with E-state index in [1.54, 1.807) is 0 Å². The van der Waals surface area contributed by atoms with Crippen LogP contribution in [-0.4, -0.2) is 11.1 Å². The second-order valence-corrected chi connectivity index (χ2v) is 6.97. The van der Waals surface area contributed by atoms with Crippen LogP contribution in [-0.2, 0) is 0 Å². The molecule has 0 heterocycles. The van der Waals surface area contributed by atoms with Crippen LogP contribution in [0.4, 0.5) is 0 Å². The van der Waals surface area contributed by atoms with Gasteiger partial charge in [-0.25, -0.2) is 0 Å². The Bertz CT molecular complexity index is 293. The van der Waals surface area contributed by atoms with Crippen LogP contribution in [0, 0.1) is 5.41 Å². The minimum absolute atomic E-state index is 0.275. The molecule has 1 aromatic carbocycles. The lowest BCUT2D eigenvalue weighted by Crippen LogP contribution is -2.16. The number of hydrogen-bond acceptors (Lipinski definition) is 1. The fourth-order valence-electron chi connectivity index (χ4n) is 1.83. The Labute approximate surface area is 109 Å². The van der Waals surface area contributed by atoms with E-state index in [2.05, 4.69) is 51.1 Å². The molecule has 1 rings (SSSR count). The van der Waals surface area contributed by atoms with E-state index in [1.807, 2.05) is 11.8 Å². The first-order valence-corrected chi connectivity index (χ1v) is 7.24. The van der Waals surface area contributed by atoms with Crippen LogP contribution >= 0.6 is 23.4 Å². The summed E-state index contributed by atoms with van der Waals surface area (Å²) in [5.74, 6) is 1.17. The summed E-state index contributed by atoms with van der Waals surface area (Å²) >= 11 is 7.98. The molecule has 0 aliphatic heterocycles. The molecule has 2 heteroatoms. The quantitative estimate of drug-likeness (QED) is 0.497. The van der Waals surface area contributed by atoms with Gasteiger partial charge >= 0.3 is 0 Å². The molecule has 0 nitrogen and oxygen atoms in total. The van der Waals surface area contributed by atoms with Gasteiger partial charge in [-0.15, -0.1) is 23.4 Å². The molecule has 16 heavy (non-hydrogen) atoms. The Morgan fingerprint density at radius 2 is 1.88 bits per heavy atom. The number of rotatable bonds is 6. The summed E-state index contributed by atoms with van der Waals surface area (Å²) < 4.78 is 0. The van der Waals surface area contributed by atoms with Crippen molar-refractivity contribution in [3.8, 4) is 0 Å². The van der Waals surface area contributed by atoms with Gasteiger partial charge < -0.3 is 0 Å². The smallest absolute Gasteiger partial charge is 0.0312 e. The maximum Gasteiger partial charge on any atom is 0.0312 e. The van der Waals surface area contributed by atoms with E-state index in [1.165, 1.54) is 17.1 Å². The van der Waals surface area contributed by atoms with Crippen LogP contribution in [0.15, 0.2) is 35.2 Å².